The summed E-state index contributed by atoms with van der Waals surface area (Å²) in [5.41, 5.74) is -0.667. The van der Waals surface area contributed by atoms with Crippen molar-refractivity contribution < 1.29 is 23.1 Å². The van der Waals surface area contributed by atoms with Gasteiger partial charge in [0, 0.05) is 19.6 Å². The van der Waals surface area contributed by atoms with Gasteiger partial charge < -0.3 is 14.7 Å². The van der Waals surface area contributed by atoms with Crippen LogP contribution >= 0.6 is 12.4 Å². The van der Waals surface area contributed by atoms with Crippen LogP contribution in [0.15, 0.2) is 29.2 Å². The summed E-state index contributed by atoms with van der Waals surface area (Å²) < 4.78 is 30.1. The highest BCUT2D eigenvalue weighted by Gasteiger charge is 2.54. The first-order valence-electron chi connectivity index (χ1n) is 8.20. The number of methoxy groups -OCH3 is 1. The molecule has 2 atom stereocenters. The normalized spacial score (nSPS) is 26.0. The van der Waals surface area contributed by atoms with Crippen molar-refractivity contribution >= 4 is 28.2 Å². The molecule has 1 saturated carbocycles. The van der Waals surface area contributed by atoms with Crippen LogP contribution in [0.2, 0.25) is 0 Å². The number of likely N-dealkylation sites (tertiary alicyclic amines) is 1. The Labute approximate surface area is 154 Å². The highest BCUT2D eigenvalue weighted by Crippen LogP contribution is 2.48. The largest absolute Gasteiger partial charge is 0.497 e. The van der Waals surface area contributed by atoms with Crippen molar-refractivity contribution in [2.24, 2.45) is 11.3 Å². The molecular formula is C17H24ClNO5S. The molecule has 1 saturated heterocycles. The molecule has 0 aromatic heterocycles. The maximum absolute atomic E-state index is 12.5. The van der Waals surface area contributed by atoms with E-state index >= 15 is 0 Å². The molecule has 3 rings (SSSR count). The van der Waals surface area contributed by atoms with Crippen LogP contribution in [0.1, 0.15) is 19.3 Å². The zero-order valence-electron chi connectivity index (χ0n) is 14.2. The molecule has 0 spiro atoms. The molecular weight excluding hydrogens is 366 g/mol. The quantitative estimate of drug-likeness (QED) is 0.801. The highest BCUT2D eigenvalue weighted by atomic mass is 35.5. The first-order valence-corrected chi connectivity index (χ1v) is 9.85. The van der Waals surface area contributed by atoms with E-state index in [-0.39, 0.29) is 29.0 Å². The van der Waals surface area contributed by atoms with Crippen molar-refractivity contribution in [1.29, 1.82) is 0 Å². The van der Waals surface area contributed by atoms with Crippen molar-refractivity contribution in [1.82, 2.24) is 4.90 Å². The summed E-state index contributed by atoms with van der Waals surface area (Å²) in [5.74, 6) is -0.0861. The number of aliphatic carboxylic acids is 1. The number of sulfone groups is 1. The maximum Gasteiger partial charge on any atom is 0.311 e. The second-order valence-electron chi connectivity index (χ2n) is 6.78. The van der Waals surface area contributed by atoms with Crippen LogP contribution in [0.4, 0.5) is 0 Å². The van der Waals surface area contributed by atoms with E-state index in [0.29, 0.717) is 31.8 Å². The second kappa shape index (κ2) is 7.51. The Balaban J connectivity index is 0.00000225. The zero-order chi connectivity index (χ0) is 17.4. The summed E-state index contributed by atoms with van der Waals surface area (Å²) in [5, 5.41) is 9.60. The Morgan fingerprint density at radius 3 is 2.84 bits per heavy atom. The molecule has 1 aromatic carbocycles. The number of carboxylic acid groups (broad SMARTS) is 1. The summed E-state index contributed by atoms with van der Waals surface area (Å²) >= 11 is 0. The molecule has 0 radical (unpaired) electrons. The van der Waals surface area contributed by atoms with Crippen LogP contribution in [0, 0.1) is 11.3 Å². The third-order valence-corrected chi connectivity index (χ3v) is 7.14. The van der Waals surface area contributed by atoms with Gasteiger partial charge in [0.25, 0.3) is 0 Å². The molecule has 2 aliphatic rings. The average molecular weight is 390 g/mol. The Morgan fingerprint density at radius 2 is 2.20 bits per heavy atom. The van der Waals surface area contributed by atoms with Crippen molar-refractivity contribution in [3.63, 3.8) is 0 Å². The van der Waals surface area contributed by atoms with Gasteiger partial charge in [-0.25, -0.2) is 8.42 Å². The van der Waals surface area contributed by atoms with E-state index in [0.717, 1.165) is 12.8 Å². The molecule has 8 heteroatoms. The monoisotopic (exact) mass is 389 g/mol. The van der Waals surface area contributed by atoms with E-state index in [1.165, 1.54) is 13.2 Å². The minimum atomic E-state index is -3.41. The predicted molar refractivity (Wildman–Crippen MR) is 96.1 cm³/mol. The first-order chi connectivity index (χ1) is 11.4. The number of carboxylic acids is 1. The summed E-state index contributed by atoms with van der Waals surface area (Å²) in [7, 11) is -1.91. The lowest BCUT2D eigenvalue weighted by Crippen LogP contribution is -2.36. The van der Waals surface area contributed by atoms with Gasteiger partial charge in [-0.1, -0.05) is 12.5 Å². The number of hydrogen-bond acceptors (Lipinski definition) is 5. The van der Waals surface area contributed by atoms with Crippen LogP contribution in [0.5, 0.6) is 5.75 Å². The van der Waals surface area contributed by atoms with Gasteiger partial charge in [0.2, 0.25) is 0 Å². The zero-order valence-corrected chi connectivity index (χ0v) is 15.8. The SMILES string of the molecule is COc1cccc(S(=O)(=O)CCN2C[C@@H]3CCC[C@@]3(C(=O)O)C2)c1.Cl. The van der Waals surface area contributed by atoms with E-state index in [1.807, 2.05) is 4.90 Å². The predicted octanol–water partition coefficient (Wildman–Crippen LogP) is 2.08. The second-order valence-corrected chi connectivity index (χ2v) is 8.89. The summed E-state index contributed by atoms with van der Waals surface area (Å²) in [6.07, 6.45) is 2.57. The molecule has 0 bridgehead atoms. The minimum absolute atomic E-state index is 0. The molecule has 2 fully saturated rings. The van der Waals surface area contributed by atoms with Gasteiger partial charge in [-0.3, -0.25) is 4.79 Å². The standard InChI is InChI=1S/C17H23NO5S.ClH/c1-23-14-5-2-6-15(10-14)24(21,22)9-8-18-11-13-4-3-7-17(13,12-18)16(19)20;/h2,5-6,10,13H,3-4,7-9,11-12H2,1H3,(H,19,20);1H/t13-,17+;/m0./s1. The summed E-state index contributed by atoms with van der Waals surface area (Å²) in [6.45, 7) is 1.51. The van der Waals surface area contributed by atoms with Crippen molar-refractivity contribution in [2.45, 2.75) is 24.2 Å². The van der Waals surface area contributed by atoms with Gasteiger partial charge in [0.1, 0.15) is 5.75 Å². The maximum atomic E-state index is 12.5. The van der Waals surface area contributed by atoms with Gasteiger partial charge in [0.05, 0.1) is 23.2 Å². The minimum Gasteiger partial charge on any atom is -0.497 e. The Kier molecular flexibility index (Phi) is 6.01. The van der Waals surface area contributed by atoms with Crippen molar-refractivity contribution in [3.8, 4) is 5.75 Å². The number of ether oxygens (including phenoxy) is 1. The lowest BCUT2D eigenvalue weighted by atomic mass is 9.81. The van der Waals surface area contributed by atoms with Gasteiger partial charge in [-0.15, -0.1) is 12.4 Å². The Hall–Kier alpha value is -1.31. The highest BCUT2D eigenvalue weighted by molar-refractivity contribution is 7.91. The van der Waals surface area contributed by atoms with Gasteiger partial charge in [-0.05, 0) is 37.0 Å². The molecule has 0 unspecified atom stereocenters. The third kappa shape index (κ3) is 3.78. The smallest absolute Gasteiger partial charge is 0.311 e. The molecule has 1 N–H and O–H groups in total. The third-order valence-electron chi connectivity index (χ3n) is 5.44. The van der Waals surface area contributed by atoms with E-state index < -0.39 is 21.2 Å². The number of carbonyl (C=O) groups is 1. The topological polar surface area (TPSA) is 83.9 Å². The molecule has 1 aliphatic carbocycles. The van der Waals surface area contributed by atoms with Crippen LogP contribution in [-0.2, 0) is 14.6 Å². The first kappa shape index (κ1) is 20.0. The molecule has 1 aliphatic heterocycles. The fourth-order valence-corrected chi connectivity index (χ4v) is 5.39. The lowest BCUT2D eigenvalue weighted by molar-refractivity contribution is -0.149. The van der Waals surface area contributed by atoms with Crippen LogP contribution in [0.25, 0.3) is 0 Å². The van der Waals surface area contributed by atoms with E-state index in [1.54, 1.807) is 18.2 Å². The van der Waals surface area contributed by atoms with E-state index in [2.05, 4.69) is 0 Å². The fourth-order valence-electron chi connectivity index (χ4n) is 4.08. The number of nitrogens with zero attached hydrogens (tertiary/aromatic N) is 1. The van der Waals surface area contributed by atoms with Gasteiger partial charge in [-0.2, -0.15) is 0 Å². The Bertz CT molecular complexity index is 738. The van der Waals surface area contributed by atoms with Crippen LogP contribution in [-0.4, -0.2) is 56.9 Å². The lowest BCUT2D eigenvalue weighted by Gasteiger charge is -2.23. The van der Waals surface area contributed by atoms with Crippen LogP contribution in [0.3, 0.4) is 0 Å². The Morgan fingerprint density at radius 1 is 1.44 bits per heavy atom. The summed E-state index contributed by atoms with van der Waals surface area (Å²) in [4.78, 5) is 13.9. The molecule has 140 valence electrons. The number of halogens is 1. The van der Waals surface area contributed by atoms with E-state index in [9.17, 15) is 18.3 Å². The average Bonchev–Trinajstić information content (AvgIpc) is 3.11. The van der Waals surface area contributed by atoms with Gasteiger partial charge in [0.15, 0.2) is 9.84 Å². The molecule has 1 heterocycles. The molecule has 0 amide bonds. The van der Waals surface area contributed by atoms with Crippen LogP contribution < -0.4 is 4.74 Å². The number of benzene rings is 1. The molecule has 25 heavy (non-hydrogen) atoms. The fraction of sp³-hybridized carbons (Fsp3) is 0.588. The molecule has 6 nitrogen and oxygen atoms in total. The summed E-state index contributed by atoms with van der Waals surface area (Å²) in [6, 6.07) is 6.45. The number of fused-ring (bicyclic) bond motifs is 1. The number of rotatable bonds is 6. The van der Waals surface area contributed by atoms with Crippen molar-refractivity contribution in [2.75, 3.05) is 32.5 Å². The van der Waals surface area contributed by atoms with E-state index in [4.69, 9.17) is 4.74 Å². The van der Waals surface area contributed by atoms with Crippen molar-refractivity contribution in [3.05, 3.63) is 24.3 Å². The van der Waals surface area contributed by atoms with Gasteiger partial charge >= 0.3 is 5.97 Å². The number of hydrogen-bond donors (Lipinski definition) is 1. The molecule has 1 aromatic rings.